The van der Waals surface area contributed by atoms with Crippen LogP contribution in [0.1, 0.15) is 0 Å². The first kappa shape index (κ1) is 31.1. The lowest BCUT2D eigenvalue weighted by molar-refractivity contribution is 0.809. The van der Waals surface area contributed by atoms with Crippen LogP contribution < -0.4 is 0 Å². The fraction of sp³-hybridized carbons (Fsp3) is 0. The molecule has 262 valence electrons. The standard InChI is InChI=1S/C50H31N5S/c1-3-16-32(17-4-1)47-49(55(52-51-47)33-18-5-2-6-19-33)39-24-15-23-36-34-20-7-10-25-40(34)54(48(36)39)43-28-13-12-27-42(43)53-41-26-11-8-22-38(41)46-44(53)31-30-37-35-21-9-14-29-45(35)56-50(37)46/h1-31H. The van der Waals surface area contributed by atoms with Crippen molar-refractivity contribution in [2.45, 2.75) is 0 Å². The van der Waals surface area contributed by atoms with E-state index in [2.05, 4.69) is 185 Å². The second kappa shape index (κ2) is 12.1. The highest BCUT2D eigenvalue weighted by Gasteiger charge is 2.26. The number of rotatable bonds is 5. The lowest BCUT2D eigenvalue weighted by Gasteiger charge is -2.18. The van der Waals surface area contributed by atoms with E-state index in [0.717, 1.165) is 50.6 Å². The van der Waals surface area contributed by atoms with Gasteiger partial charge in [0.1, 0.15) is 11.4 Å². The molecule has 4 aromatic heterocycles. The van der Waals surface area contributed by atoms with Gasteiger partial charge in [-0.05, 0) is 48.5 Å². The van der Waals surface area contributed by atoms with Gasteiger partial charge in [-0.3, -0.25) is 0 Å². The predicted octanol–water partition coefficient (Wildman–Crippen LogP) is 13.2. The molecule has 12 aromatic rings. The molecule has 5 nitrogen and oxygen atoms in total. The fourth-order valence-corrected chi connectivity index (χ4v) is 10.1. The maximum atomic E-state index is 4.87. The zero-order valence-electron chi connectivity index (χ0n) is 30.0. The summed E-state index contributed by atoms with van der Waals surface area (Å²) in [5.41, 5.74) is 11.6. The summed E-state index contributed by atoms with van der Waals surface area (Å²) in [6.07, 6.45) is 0. The Hall–Kier alpha value is -7.28. The summed E-state index contributed by atoms with van der Waals surface area (Å²) >= 11 is 1.89. The van der Waals surface area contributed by atoms with Crippen molar-refractivity contribution in [3.63, 3.8) is 0 Å². The molecule has 12 rings (SSSR count). The first-order chi connectivity index (χ1) is 27.8. The van der Waals surface area contributed by atoms with Crippen molar-refractivity contribution in [1.82, 2.24) is 24.1 Å². The van der Waals surface area contributed by atoms with Crippen LogP contribution >= 0.6 is 11.3 Å². The Bertz CT molecular complexity index is 3420. The zero-order valence-corrected chi connectivity index (χ0v) is 30.9. The minimum absolute atomic E-state index is 0.835. The highest BCUT2D eigenvalue weighted by molar-refractivity contribution is 7.26. The summed E-state index contributed by atoms with van der Waals surface area (Å²) in [5.74, 6) is 0. The number of benzene rings is 8. The largest absolute Gasteiger partial charge is 0.307 e. The number of aromatic nitrogens is 5. The number of para-hydroxylation sites is 6. The molecule has 4 heterocycles. The Morgan fingerprint density at radius 3 is 1.86 bits per heavy atom. The smallest absolute Gasteiger partial charge is 0.121 e. The van der Waals surface area contributed by atoms with Crippen LogP contribution in [0.3, 0.4) is 0 Å². The zero-order chi connectivity index (χ0) is 36.7. The van der Waals surface area contributed by atoms with E-state index in [1.165, 1.54) is 52.8 Å². The van der Waals surface area contributed by atoms with Gasteiger partial charge in [-0.15, -0.1) is 16.4 Å². The van der Waals surface area contributed by atoms with Crippen LogP contribution in [0.4, 0.5) is 0 Å². The van der Waals surface area contributed by atoms with Crippen LogP contribution in [0.15, 0.2) is 188 Å². The molecule has 0 radical (unpaired) electrons. The molecule has 0 unspecified atom stereocenters. The normalized spacial score (nSPS) is 11.9. The van der Waals surface area contributed by atoms with Gasteiger partial charge in [0.05, 0.1) is 39.1 Å². The summed E-state index contributed by atoms with van der Waals surface area (Å²) in [6.45, 7) is 0. The topological polar surface area (TPSA) is 40.6 Å². The van der Waals surface area contributed by atoms with Gasteiger partial charge in [-0.1, -0.05) is 145 Å². The number of nitrogens with zero attached hydrogens (tertiary/aromatic N) is 5. The Morgan fingerprint density at radius 1 is 0.429 bits per heavy atom. The minimum Gasteiger partial charge on any atom is -0.307 e. The summed E-state index contributed by atoms with van der Waals surface area (Å²) in [7, 11) is 0. The molecular formula is C50H31N5S. The van der Waals surface area contributed by atoms with Gasteiger partial charge < -0.3 is 9.13 Å². The van der Waals surface area contributed by atoms with E-state index >= 15 is 0 Å². The first-order valence-electron chi connectivity index (χ1n) is 18.9. The van der Waals surface area contributed by atoms with Crippen molar-refractivity contribution in [3.05, 3.63) is 188 Å². The highest BCUT2D eigenvalue weighted by atomic mass is 32.1. The van der Waals surface area contributed by atoms with Crippen LogP contribution in [-0.2, 0) is 0 Å². The van der Waals surface area contributed by atoms with Crippen molar-refractivity contribution < 1.29 is 0 Å². The van der Waals surface area contributed by atoms with Gasteiger partial charge >= 0.3 is 0 Å². The van der Waals surface area contributed by atoms with E-state index in [1.54, 1.807) is 0 Å². The molecule has 0 bridgehead atoms. The third-order valence-electron chi connectivity index (χ3n) is 11.2. The average Bonchev–Trinajstić information content (AvgIpc) is 4.04. The molecule has 0 atom stereocenters. The van der Waals surface area contributed by atoms with Crippen molar-refractivity contribution in [3.8, 4) is 39.6 Å². The summed E-state index contributed by atoms with van der Waals surface area (Å²) in [5, 5.41) is 17.2. The van der Waals surface area contributed by atoms with E-state index in [4.69, 9.17) is 10.3 Å². The van der Waals surface area contributed by atoms with Gasteiger partial charge in [0.15, 0.2) is 0 Å². The minimum atomic E-state index is 0.835. The van der Waals surface area contributed by atoms with Crippen molar-refractivity contribution in [2.75, 3.05) is 0 Å². The number of hydrogen-bond donors (Lipinski definition) is 0. The van der Waals surface area contributed by atoms with Crippen LogP contribution in [0.2, 0.25) is 0 Å². The molecule has 8 aromatic carbocycles. The third-order valence-corrected chi connectivity index (χ3v) is 12.4. The summed E-state index contributed by atoms with van der Waals surface area (Å²) in [4.78, 5) is 0. The highest BCUT2D eigenvalue weighted by Crippen LogP contribution is 2.46. The van der Waals surface area contributed by atoms with E-state index in [-0.39, 0.29) is 0 Å². The summed E-state index contributed by atoms with van der Waals surface area (Å²) in [6, 6.07) is 67.2. The molecule has 0 spiro atoms. The fourth-order valence-electron chi connectivity index (χ4n) is 8.86. The Morgan fingerprint density at radius 2 is 1.05 bits per heavy atom. The predicted molar refractivity (Wildman–Crippen MR) is 234 cm³/mol. The maximum Gasteiger partial charge on any atom is 0.121 e. The Balaban J connectivity index is 1.20. The molecule has 0 saturated heterocycles. The Kier molecular flexibility index (Phi) is 6.73. The van der Waals surface area contributed by atoms with E-state index in [1.807, 2.05) is 28.2 Å². The second-order valence-electron chi connectivity index (χ2n) is 14.2. The molecule has 0 aliphatic carbocycles. The van der Waals surface area contributed by atoms with E-state index in [9.17, 15) is 0 Å². The van der Waals surface area contributed by atoms with Crippen LogP contribution in [-0.4, -0.2) is 24.1 Å². The van der Waals surface area contributed by atoms with Gasteiger partial charge in [0.2, 0.25) is 0 Å². The molecular weight excluding hydrogens is 703 g/mol. The lowest BCUT2D eigenvalue weighted by atomic mass is 10.0. The molecule has 0 fully saturated rings. The van der Waals surface area contributed by atoms with Crippen molar-refractivity contribution in [2.24, 2.45) is 0 Å². The Labute approximate surface area is 325 Å². The SMILES string of the molecule is c1ccc(-c2nnn(-c3ccccc3)c2-c2cccc3c4ccccc4n(-c4ccccc4-n4c5ccccc5c5c6sc7ccccc7c6ccc54)c23)cc1. The lowest BCUT2D eigenvalue weighted by Crippen LogP contribution is -2.05. The molecule has 6 heteroatoms. The number of thiophene rings is 1. The van der Waals surface area contributed by atoms with E-state index in [0.29, 0.717) is 0 Å². The third kappa shape index (κ3) is 4.42. The molecule has 0 aliphatic rings. The molecule has 56 heavy (non-hydrogen) atoms. The molecule has 0 N–H and O–H groups in total. The quantitative estimate of drug-likeness (QED) is 0.177. The number of fused-ring (bicyclic) bond motifs is 10. The van der Waals surface area contributed by atoms with Crippen LogP contribution in [0.25, 0.3) is 103 Å². The van der Waals surface area contributed by atoms with Gasteiger partial charge in [-0.2, -0.15) is 0 Å². The van der Waals surface area contributed by atoms with Gasteiger partial charge in [-0.25, -0.2) is 4.68 Å². The maximum absolute atomic E-state index is 4.87. The van der Waals surface area contributed by atoms with Gasteiger partial charge in [0, 0.05) is 52.8 Å². The monoisotopic (exact) mass is 733 g/mol. The second-order valence-corrected chi connectivity index (χ2v) is 15.3. The summed E-state index contributed by atoms with van der Waals surface area (Å²) < 4.78 is 9.56. The first-order valence-corrected chi connectivity index (χ1v) is 19.7. The number of hydrogen-bond acceptors (Lipinski definition) is 3. The van der Waals surface area contributed by atoms with Crippen molar-refractivity contribution in [1.29, 1.82) is 0 Å². The van der Waals surface area contributed by atoms with E-state index < -0.39 is 0 Å². The van der Waals surface area contributed by atoms with Crippen molar-refractivity contribution >= 4 is 75.1 Å². The van der Waals surface area contributed by atoms with Crippen LogP contribution in [0.5, 0.6) is 0 Å². The van der Waals surface area contributed by atoms with Crippen LogP contribution in [0, 0.1) is 0 Å². The van der Waals surface area contributed by atoms with Gasteiger partial charge in [0.25, 0.3) is 0 Å². The molecule has 0 amide bonds. The molecule has 0 saturated carbocycles. The average molecular weight is 734 g/mol. The molecule has 0 aliphatic heterocycles.